The molecule has 0 unspecified atom stereocenters. The monoisotopic (exact) mass is 681 g/mol. The molecule has 0 atom stereocenters. The number of carbonyl (C=O) groups is 2. The van der Waals surface area contributed by atoms with Gasteiger partial charge >= 0.3 is 12.3 Å². The molecule has 9 nitrogen and oxygen atoms in total. The van der Waals surface area contributed by atoms with Gasteiger partial charge in [-0.15, -0.1) is 13.2 Å². The number of carboxylic acids is 1. The molecule has 0 bridgehead atoms. The molecule has 0 aliphatic carbocycles. The number of carbonyl (C=O) groups excluding carboxylic acids is 1. The number of alkyl halides is 3. The zero-order chi connectivity index (χ0) is 35.6. The van der Waals surface area contributed by atoms with Gasteiger partial charge in [0.25, 0.3) is 6.47 Å². The van der Waals surface area contributed by atoms with Crippen LogP contribution < -0.4 is 9.64 Å². The average Bonchev–Trinajstić information content (AvgIpc) is 3.35. The summed E-state index contributed by atoms with van der Waals surface area (Å²) in [5.74, 6) is -1.44. The third-order valence-corrected chi connectivity index (χ3v) is 8.59. The van der Waals surface area contributed by atoms with Gasteiger partial charge in [-0.1, -0.05) is 37.1 Å². The van der Waals surface area contributed by atoms with Crippen molar-refractivity contribution in [3.05, 3.63) is 87.1 Å². The first-order valence-corrected chi connectivity index (χ1v) is 15.2. The van der Waals surface area contributed by atoms with E-state index >= 15 is 0 Å². The van der Waals surface area contributed by atoms with Gasteiger partial charge in [0.05, 0.1) is 17.5 Å². The fraction of sp³-hybridized carbons (Fsp3) is 0.343. The van der Waals surface area contributed by atoms with Crippen LogP contribution in [0.25, 0.3) is 0 Å². The fourth-order valence-corrected chi connectivity index (χ4v) is 6.68. The second kappa shape index (κ2) is 13.6. The van der Waals surface area contributed by atoms with Crippen LogP contribution in [0.4, 0.5) is 24.5 Å². The van der Waals surface area contributed by atoms with E-state index in [2.05, 4.69) is 16.9 Å². The molecule has 13 heteroatoms. The van der Waals surface area contributed by atoms with Crippen molar-refractivity contribution in [3.63, 3.8) is 0 Å². The van der Waals surface area contributed by atoms with E-state index in [0.29, 0.717) is 22.7 Å². The first-order chi connectivity index (χ1) is 22.5. The molecule has 2 aromatic rings. The van der Waals surface area contributed by atoms with Crippen molar-refractivity contribution < 1.29 is 41.9 Å². The minimum Gasteiger partial charge on any atom is -0.481 e. The summed E-state index contributed by atoms with van der Waals surface area (Å²) in [5, 5.41) is 30.2. The Bertz CT molecular complexity index is 1880. The van der Waals surface area contributed by atoms with E-state index in [1.807, 2.05) is 39.0 Å². The van der Waals surface area contributed by atoms with Gasteiger partial charge in [-0.2, -0.15) is 15.1 Å². The van der Waals surface area contributed by atoms with E-state index < -0.39 is 28.9 Å². The number of rotatable bonds is 11. The summed E-state index contributed by atoms with van der Waals surface area (Å²) in [4.78, 5) is 24.1. The number of benzene rings is 2. The van der Waals surface area contributed by atoms with E-state index in [1.165, 1.54) is 24.3 Å². The summed E-state index contributed by atoms with van der Waals surface area (Å²) in [6, 6.07) is 14.0. The van der Waals surface area contributed by atoms with Crippen molar-refractivity contribution in [2.24, 2.45) is 0 Å². The van der Waals surface area contributed by atoms with Crippen molar-refractivity contribution in [2.75, 3.05) is 24.6 Å². The average molecular weight is 682 g/mol. The van der Waals surface area contributed by atoms with Crippen LogP contribution in [0.3, 0.4) is 0 Å². The number of aryl methyl sites for hydroxylation is 1. The summed E-state index contributed by atoms with van der Waals surface area (Å²) in [5.41, 5.74) is 2.97. The van der Waals surface area contributed by atoms with E-state index in [1.54, 1.807) is 23.3 Å². The lowest BCUT2D eigenvalue weighted by Crippen LogP contribution is -2.31. The van der Waals surface area contributed by atoms with E-state index in [-0.39, 0.29) is 48.8 Å². The largest absolute Gasteiger partial charge is 0.573 e. The van der Waals surface area contributed by atoms with Crippen LogP contribution >= 0.6 is 11.6 Å². The number of aliphatic carboxylic acids is 1. The SMILES string of the molecule is Cc1ccc2c(c1)C(C)(C)C(/C(C#N)=C/C(Cl)=C/C(C#N)=C1/N(CCOC=O)c3ccc(OC(F)(F)F)cc3C1(C)C)=[N+]2CCC(=O)O. The number of fused-ring (bicyclic) bond motifs is 2. The van der Waals surface area contributed by atoms with E-state index in [0.717, 1.165) is 22.9 Å². The lowest BCUT2D eigenvalue weighted by atomic mass is 9.78. The number of allylic oxidation sites excluding steroid dienone is 6. The molecule has 0 saturated carbocycles. The van der Waals surface area contributed by atoms with Crippen molar-refractivity contribution in [1.82, 2.24) is 0 Å². The number of hydrogen-bond acceptors (Lipinski definition) is 7. The molecule has 2 aliphatic rings. The molecule has 0 spiro atoms. The first kappa shape index (κ1) is 35.8. The Morgan fingerprint density at radius 1 is 1.06 bits per heavy atom. The summed E-state index contributed by atoms with van der Waals surface area (Å²) in [7, 11) is 0. The van der Waals surface area contributed by atoms with E-state index in [9.17, 15) is 38.4 Å². The highest BCUT2D eigenvalue weighted by Gasteiger charge is 2.48. The molecule has 4 rings (SSSR count). The fourth-order valence-electron chi connectivity index (χ4n) is 6.46. The maximum absolute atomic E-state index is 13.0. The Morgan fingerprint density at radius 3 is 2.38 bits per heavy atom. The topological polar surface area (TPSA) is 127 Å². The number of hydrogen-bond donors (Lipinski definition) is 1. The van der Waals surface area contributed by atoms with Crippen LogP contribution in [0, 0.1) is 29.6 Å². The number of nitrogens with zero attached hydrogens (tertiary/aromatic N) is 4. The molecule has 0 amide bonds. The first-order valence-electron chi connectivity index (χ1n) is 14.8. The van der Waals surface area contributed by atoms with E-state index in [4.69, 9.17) is 16.3 Å². The number of halogens is 4. The molecule has 0 radical (unpaired) electrons. The van der Waals surface area contributed by atoms with Crippen LogP contribution in [0.1, 0.15) is 50.8 Å². The summed E-state index contributed by atoms with van der Waals surface area (Å²) in [6.45, 7) is 9.61. The van der Waals surface area contributed by atoms with Gasteiger partial charge in [0.15, 0.2) is 6.54 Å². The molecular weight excluding hydrogens is 649 g/mol. The molecule has 0 saturated heterocycles. The Labute approximate surface area is 281 Å². The van der Waals surface area contributed by atoms with Gasteiger partial charge in [-0.05, 0) is 62.8 Å². The molecule has 2 aromatic carbocycles. The van der Waals surface area contributed by atoms with Crippen LogP contribution in [-0.4, -0.2) is 53.9 Å². The Balaban J connectivity index is 1.87. The second-order valence-electron chi connectivity index (χ2n) is 12.3. The Kier molecular flexibility index (Phi) is 10.1. The third kappa shape index (κ3) is 7.09. The van der Waals surface area contributed by atoms with Crippen molar-refractivity contribution in [2.45, 2.75) is 58.2 Å². The molecule has 48 heavy (non-hydrogen) atoms. The molecule has 250 valence electrons. The van der Waals surface area contributed by atoms with Gasteiger partial charge in [0.1, 0.15) is 36.5 Å². The molecule has 0 aromatic heterocycles. The molecular formula is C35H33ClF3N4O5+. The number of carboxylic acid groups (broad SMARTS) is 1. The van der Waals surface area contributed by atoms with Gasteiger partial charge in [-0.25, -0.2) is 0 Å². The molecule has 1 N–H and O–H groups in total. The zero-order valence-corrected chi connectivity index (χ0v) is 27.7. The van der Waals surface area contributed by atoms with Crippen LogP contribution in [0.5, 0.6) is 5.75 Å². The van der Waals surface area contributed by atoms with Crippen molar-refractivity contribution >= 4 is 41.1 Å². The standard InChI is InChI=1S/C35H32ClF3N4O5/c1-21-6-8-28-26(14-21)33(2,3)31(42(28)11-10-30(45)46)22(18-40)15-24(36)16-23(19-41)32-34(4,5)27-17-25(48-35(37,38)39)7-9-29(27)43(32)12-13-47-20-44/h6-9,14-17,20H,10-13H2,1-5H3/p+1. The molecule has 0 fully saturated rings. The number of anilines is 1. The van der Waals surface area contributed by atoms with Crippen molar-refractivity contribution in [1.29, 1.82) is 10.5 Å². The van der Waals surface area contributed by atoms with Gasteiger partial charge in [-0.3, -0.25) is 9.59 Å². The summed E-state index contributed by atoms with van der Waals surface area (Å²) >= 11 is 6.75. The second-order valence-corrected chi connectivity index (χ2v) is 12.8. The Hall–Kier alpha value is -5.07. The van der Waals surface area contributed by atoms with Crippen molar-refractivity contribution in [3.8, 4) is 17.9 Å². The maximum atomic E-state index is 13.0. The number of nitriles is 2. The minimum absolute atomic E-state index is 0.00108. The quantitative estimate of drug-likeness (QED) is 0.0878. The number of ether oxygens (including phenoxy) is 2. The lowest BCUT2D eigenvalue weighted by molar-refractivity contribution is -0.437. The zero-order valence-electron chi connectivity index (χ0n) is 26.9. The van der Waals surface area contributed by atoms with Gasteiger partial charge in [0.2, 0.25) is 11.4 Å². The lowest BCUT2D eigenvalue weighted by Gasteiger charge is -2.27. The van der Waals surface area contributed by atoms with Gasteiger partial charge in [0, 0.05) is 33.5 Å². The van der Waals surface area contributed by atoms with Crippen LogP contribution in [0.15, 0.2) is 70.4 Å². The molecule has 2 aliphatic heterocycles. The predicted molar refractivity (Wildman–Crippen MR) is 172 cm³/mol. The summed E-state index contributed by atoms with van der Waals surface area (Å²) < 4.78 is 50.0. The van der Waals surface area contributed by atoms with Crippen LogP contribution in [-0.2, 0) is 25.2 Å². The normalized spacial score (nSPS) is 17.7. The highest BCUT2D eigenvalue weighted by atomic mass is 35.5. The Morgan fingerprint density at radius 2 is 1.77 bits per heavy atom. The third-order valence-electron chi connectivity index (χ3n) is 8.37. The highest BCUT2D eigenvalue weighted by Crippen LogP contribution is 2.50. The van der Waals surface area contributed by atoms with Crippen LogP contribution in [0.2, 0.25) is 0 Å². The highest BCUT2D eigenvalue weighted by molar-refractivity contribution is 6.32. The predicted octanol–water partition coefficient (Wildman–Crippen LogP) is 7.07. The van der Waals surface area contributed by atoms with Gasteiger partial charge < -0.3 is 19.5 Å². The maximum Gasteiger partial charge on any atom is 0.573 e. The molecule has 2 heterocycles. The summed E-state index contributed by atoms with van der Waals surface area (Å²) in [6.07, 6.45) is -2.33. The smallest absolute Gasteiger partial charge is 0.481 e. The minimum atomic E-state index is -4.92.